The summed E-state index contributed by atoms with van der Waals surface area (Å²) in [5.41, 5.74) is -0.196. The van der Waals surface area contributed by atoms with Crippen LogP contribution >= 0.6 is 0 Å². The number of ether oxygens (including phenoxy) is 1. The predicted octanol–water partition coefficient (Wildman–Crippen LogP) is 9.30. The molecule has 246 valence electrons. The largest absolute Gasteiger partial charge is 0.478 e. The van der Waals surface area contributed by atoms with E-state index in [2.05, 4.69) is 60.8 Å². The van der Waals surface area contributed by atoms with Gasteiger partial charge in [-0.2, -0.15) is 0 Å². The summed E-state index contributed by atoms with van der Waals surface area (Å²) in [7, 11) is 0. The molecule has 0 heterocycles. The molecule has 2 aromatic rings. The quantitative estimate of drug-likeness (QED) is 0.0914. The average Bonchev–Trinajstić information content (AvgIpc) is 3.00. The van der Waals surface area contributed by atoms with Gasteiger partial charge in [-0.3, -0.25) is 4.79 Å². The summed E-state index contributed by atoms with van der Waals surface area (Å²) in [6.45, 7) is 5.89. The molecule has 1 atom stereocenters. The van der Waals surface area contributed by atoms with Gasteiger partial charge >= 0.3 is 11.9 Å². The molecule has 2 aromatic carbocycles. The van der Waals surface area contributed by atoms with Gasteiger partial charge in [-0.1, -0.05) is 87.6 Å². The molecule has 0 bridgehead atoms. The first-order valence-corrected chi connectivity index (χ1v) is 15.7. The average molecular weight is 634 g/mol. The zero-order chi connectivity index (χ0) is 33.7. The number of nitrogens with one attached hydrogen (secondary N) is 1. The number of carboxylic acids is 1. The summed E-state index contributed by atoms with van der Waals surface area (Å²) in [5.74, 6) is -4.36. The number of benzene rings is 2. The van der Waals surface area contributed by atoms with Gasteiger partial charge in [0, 0.05) is 18.1 Å². The van der Waals surface area contributed by atoms with Crippen molar-refractivity contribution >= 4 is 17.8 Å². The number of esters is 1. The number of carbonyl (C=O) groups excluding carboxylic acids is 2. The molecule has 6 nitrogen and oxygen atoms in total. The van der Waals surface area contributed by atoms with Crippen molar-refractivity contribution in [3.05, 3.63) is 114 Å². The van der Waals surface area contributed by atoms with Crippen LogP contribution in [0.1, 0.15) is 82.5 Å². The minimum Gasteiger partial charge on any atom is -0.478 e. The molecule has 0 aliphatic carbocycles. The molecule has 0 aliphatic heterocycles. The van der Waals surface area contributed by atoms with Gasteiger partial charge in [0.15, 0.2) is 0 Å². The maximum atomic E-state index is 14.3. The first kappa shape index (κ1) is 37.6. The number of halogens is 2. The van der Waals surface area contributed by atoms with Crippen molar-refractivity contribution in [3.8, 4) is 16.9 Å². The second-order valence-corrected chi connectivity index (χ2v) is 11.1. The van der Waals surface area contributed by atoms with Gasteiger partial charge in [-0.15, -0.1) is 0 Å². The summed E-state index contributed by atoms with van der Waals surface area (Å²) in [6.07, 6.45) is 26.5. The Labute approximate surface area is 271 Å². The zero-order valence-corrected chi connectivity index (χ0v) is 26.9. The van der Waals surface area contributed by atoms with Gasteiger partial charge < -0.3 is 15.2 Å². The van der Waals surface area contributed by atoms with E-state index in [0.29, 0.717) is 12.5 Å². The van der Waals surface area contributed by atoms with Crippen LogP contribution in [0.5, 0.6) is 5.75 Å². The summed E-state index contributed by atoms with van der Waals surface area (Å²) >= 11 is 0. The van der Waals surface area contributed by atoms with Gasteiger partial charge in [-0.05, 0) is 80.7 Å². The number of rotatable bonds is 19. The van der Waals surface area contributed by atoms with Gasteiger partial charge in [0.05, 0.1) is 0 Å². The van der Waals surface area contributed by atoms with Crippen LogP contribution in [0.25, 0.3) is 11.1 Å². The van der Waals surface area contributed by atoms with Crippen molar-refractivity contribution in [1.29, 1.82) is 0 Å². The maximum absolute atomic E-state index is 14.3. The second kappa shape index (κ2) is 21.2. The van der Waals surface area contributed by atoms with Gasteiger partial charge in [0.25, 0.3) is 0 Å². The molecule has 0 aliphatic rings. The fourth-order valence-corrected chi connectivity index (χ4v) is 4.39. The monoisotopic (exact) mass is 633 g/mol. The summed E-state index contributed by atoms with van der Waals surface area (Å²) < 4.78 is 33.0. The molecule has 2 N–H and O–H groups in total. The highest BCUT2D eigenvalue weighted by Crippen LogP contribution is 2.29. The number of carbonyl (C=O) groups is 3. The fourth-order valence-electron chi connectivity index (χ4n) is 4.39. The van der Waals surface area contributed by atoms with Gasteiger partial charge in [-0.25, -0.2) is 18.4 Å². The Morgan fingerprint density at radius 2 is 1.41 bits per heavy atom. The Bertz CT molecular complexity index is 1440. The lowest BCUT2D eigenvalue weighted by molar-refractivity contribution is -0.139. The molecule has 2 rings (SSSR count). The van der Waals surface area contributed by atoms with Crippen molar-refractivity contribution in [3.63, 3.8) is 0 Å². The third kappa shape index (κ3) is 14.5. The van der Waals surface area contributed by atoms with Crippen LogP contribution in [0, 0.1) is 17.6 Å². The lowest BCUT2D eigenvalue weighted by Gasteiger charge is -2.20. The number of carboxylic acid groups (broad SMARTS) is 1. The zero-order valence-electron chi connectivity index (χ0n) is 26.9. The number of aromatic carboxylic acids is 1. The standard InChI is InChI=1S/C38H45F2NO5/c1-4-5-6-7-8-9-10-11-12-13-14-15-16-17-18-19-20-36(42)41-34(25-28(2)3)38(45)46-35-24-21-29(26-32(35)37(43)44)31-23-22-30(39)27-33(31)40/h5-6,8-9,11-12,14-15,17-18,21-24,26-28,34H,4,7,10,13,16,19-20,25H2,1-3H3,(H,41,42)(H,43,44)/b6-5-,9-8-,12-11-,15-14-,18-17-. The first-order chi connectivity index (χ1) is 22.1. The highest BCUT2D eigenvalue weighted by Gasteiger charge is 2.26. The van der Waals surface area contributed by atoms with Crippen molar-refractivity contribution < 1.29 is 33.0 Å². The van der Waals surface area contributed by atoms with E-state index in [1.54, 1.807) is 0 Å². The first-order valence-electron chi connectivity index (χ1n) is 15.7. The maximum Gasteiger partial charge on any atom is 0.339 e. The van der Waals surface area contributed by atoms with Crippen LogP contribution in [-0.4, -0.2) is 29.0 Å². The molecule has 0 radical (unpaired) electrons. The van der Waals surface area contributed by atoms with Crippen molar-refractivity contribution in [2.75, 3.05) is 0 Å². The molecule has 1 unspecified atom stereocenters. The molecule has 0 fully saturated rings. The molecule has 0 aromatic heterocycles. The van der Waals surface area contributed by atoms with Crippen molar-refractivity contribution in [2.45, 2.75) is 78.2 Å². The topological polar surface area (TPSA) is 92.7 Å². The molecule has 8 heteroatoms. The van der Waals surface area contributed by atoms with E-state index in [-0.39, 0.29) is 47.1 Å². The SMILES string of the molecule is CC/C=C\C/C=C\C/C=C\C/C=C\C/C=C\CCC(=O)NC(CC(C)C)C(=O)Oc1ccc(-c2ccc(F)cc2F)cc1C(=O)O. The smallest absolute Gasteiger partial charge is 0.339 e. The normalized spacial score (nSPS) is 12.7. The van der Waals surface area contributed by atoms with Crippen LogP contribution in [0.4, 0.5) is 8.78 Å². The van der Waals surface area contributed by atoms with Crippen LogP contribution in [0.3, 0.4) is 0 Å². The highest BCUT2D eigenvalue weighted by atomic mass is 19.1. The van der Waals surface area contributed by atoms with E-state index in [1.807, 2.05) is 26.0 Å². The minimum atomic E-state index is -1.39. The Morgan fingerprint density at radius 3 is 1.96 bits per heavy atom. The molecular formula is C38H45F2NO5. The van der Waals surface area contributed by atoms with Crippen LogP contribution < -0.4 is 10.1 Å². The number of hydrogen-bond acceptors (Lipinski definition) is 4. The number of hydrogen-bond donors (Lipinski definition) is 2. The van der Waals surface area contributed by atoms with Gasteiger partial charge in [0.2, 0.25) is 5.91 Å². The lowest BCUT2D eigenvalue weighted by atomic mass is 10.0. The predicted molar refractivity (Wildman–Crippen MR) is 179 cm³/mol. The lowest BCUT2D eigenvalue weighted by Crippen LogP contribution is -2.43. The highest BCUT2D eigenvalue weighted by molar-refractivity contribution is 5.94. The second-order valence-electron chi connectivity index (χ2n) is 11.1. The third-order valence-corrected chi connectivity index (χ3v) is 6.69. The molecular weight excluding hydrogens is 588 g/mol. The Kier molecular flexibility index (Phi) is 17.3. The van der Waals surface area contributed by atoms with Crippen LogP contribution in [-0.2, 0) is 9.59 Å². The van der Waals surface area contributed by atoms with Crippen LogP contribution in [0.15, 0.2) is 97.2 Å². The van der Waals surface area contributed by atoms with Crippen molar-refractivity contribution in [2.24, 2.45) is 5.92 Å². The Morgan fingerprint density at radius 1 is 0.826 bits per heavy atom. The van der Waals surface area contributed by atoms with E-state index in [1.165, 1.54) is 18.2 Å². The summed E-state index contributed by atoms with van der Waals surface area (Å²) in [5, 5.41) is 12.4. The third-order valence-electron chi connectivity index (χ3n) is 6.69. The molecule has 0 spiro atoms. The minimum absolute atomic E-state index is 0.000708. The van der Waals surface area contributed by atoms with E-state index >= 15 is 0 Å². The van der Waals surface area contributed by atoms with Crippen LogP contribution in [0.2, 0.25) is 0 Å². The Hall–Kier alpha value is -4.59. The fraction of sp³-hybridized carbons (Fsp3) is 0.342. The molecule has 1 amide bonds. The van der Waals surface area contributed by atoms with E-state index in [4.69, 9.17) is 4.74 Å². The van der Waals surface area contributed by atoms with E-state index in [0.717, 1.165) is 44.2 Å². The number of allylic oxidation sites excluding steroid dienone is 10. The molecule has 0 saturated heterocycles. The molecule has 46 heavy (non-hydrogen) atoms. The van der Waals surface area contributed by atoms with Crippen molar-refractivity contribution in [1.82, 2.24) is 5.32 Å². The Balaban J connectivity index is 1.87. The summed E-state index contributed by atoms with van der Waals surface area (Å²) in [4.78, 5) is 37.6. The summed E-state index contributed by atoms with van der Waals surface area (Å²) in [6, 6.07) is 5.75. The van der Waals surface area contributed by atoms with E-state index in [9.17, 15) is 28.3 Å². The van der Waals surface area contributed by atoms with E-state index < -0.39 is 29.6 Å². The molecule has 0 saturated carbocycles. The van der Waals surface area contributed by atoms with Gasteiger partial charge in [0.1, 0.15) is 29.0 Å². The number of amides is 1.